The molecule has 1 saturated heterocycles. The number of hydrogen-bond donors (Lipinski definition) is 1. The van der Waals surface area contributed by atoms with E-state index in [0.717, 1.165) is 12.2 Å². The maximum atomic E-state index is 13.3. The first-order valence-electron chi connectivity index (χ1n) is 5.53. The number of hydrogen-bond acceptors (Lipinski definition) is 3. The predicted molar refractivity (Wildman–Crippen MR) is 65.4 cm³/mol. The number of likely N-dealkylation sites (N-methyl/N-ethyl adjacent to an activating group) is 1. The van der Waals surface area contributed by atoms with Crippen LogP contribution in [0, 0.1) is 12.7 Å². The number of amides is 1. The van der Waals surface area contributed by atoms with Crippen molar-refractivity contribution in [2.45, 2.75) is 6.92 Å². The van der Waals surface area contributed by atoms with Gasteiger partial charge in [-0.25, -0.2) is 4.39 Å². The van der Waals surface area contributed by atoms with Crippen LogP contribution < -0.4 is 10.6 Å². The molecule has 0 aliphatic carbocycles. The second kappa shape index (κ2) is 4.24. The average molecular weight is 237 g/mol. The van der Waals surface area contributed by atoms with Crippen molar-refractivity contribution in [2.24, 2.45) is 0 Å². The highest BCUT2D eigenvalue weighted by atomic mass is 19.1. The minimum atomic E-state index is -0.313. The molecule has 0 saturated carbocycles. The third kappa shape index (κ3) is 2.18. The van der Waals surface area contributed by atoms with Gasteiger partial charge in [-0.3, -0.25) is 4.79 Å². The summed E-state index contributed by atoms with van der Waals surface area (Å²) in [7, 11) is 1.78. The zero-order chi connectivity index (χ0) is 12.6. The highest BCUT2D eigenvalue weighted by molar-refractivity contribution is 5.84. The van der Waals surface area contributed by atoms with Crippen molar-refractivity contribution in [1.29, 1.82) is 0 Å². The van der Waals surface area contributed by atoms with E-state index in [1.807, 2.05) is 4.90 Å². The van der Waals surface area contributed by atoms with Crippen LogP contribution in [0.3, 0.4) is 0 Å². The number of rotatable bonds is 1. The van der Waals surface area contributed by atoms with Crippen LogP contribution in [0.25, 0.3) is 0 Å². The van der Waals surface area contributed by atoms with Crippen molar-refractivity contribution < 1.29 is 9.18 Å². The lowest BCUT2D eigenvalue weighted by Crippen LogP contribution is -2.48. The van der Waals surface area contributed by atoms with Crippen LogP contribution >= 0.6 is 0 Å². The van der Waals surface area contributed by atoms with Gasteiger partial charge < -0.3 is 15.5 Å². The maximum absolute atomic E-state index is 13.3. The predicted octanol–water partition coefficient (Wildman–Crippen LogP) is 0.995. The molecule has 1 aromatic rings. The van der Waals surface area contributed by atoms with Crippen LogP contribution in [0.5, 0.6) is 0 Å². The largest absolute Gasteiger partial charge is 0.397 e. The quantitative estimate of drug-likeness (QED) is 0.741. The van der Waals surface area contributed by atoms with E-state index < -0.39 is 0 Å². The molecule has 1 fully saturated rings. The number of carbonyl (C=O) groups is 1. The van der Waals surface area contributed by atoms with Crippen molar-refractivity contribution >= 4 is 17.3 Å². The number of piperazine rings is 1. The van der Waals surface area contributed by atoms with E-state index in [4.69, 9.17) is 5.73 Å². The van der Waals surface area contributed by atoms with E-state index in [1.54, 1.807) is 24.9 Å². The van der Waals surface area contributed by atoms with Crippen LogP contribution in [-0.2, 0) is 4.79 Å². The SMILES string of the molecule is Cc1cc(N2CCN(C)C(=O)C2)c(N)cc1F. The summed E-state index contributed by atoms with van der Waals surface area (Å²) in [5, 5.41) is 0. The van der Waals surface area contributed by atoms with E-state index in [-0.39, 0.29) is 11.7 Å². The first kappa shape index (κ1) is 11.7. The van der Waals surface area contributed by atoms with Crippen LogP contribution in [-0.4, -0.2) is 37.5 Å². The number of anilines is 2. The molecule has 2 rings (SSSR count). The van der Waals surface area contributed by atoms with Gasteiger partial charge in [-0.05, 0) is 24.6 Å². The van der Waals surface area contributed by atoms with E-state index in [2.05, 4.69) is 0 Å². The molecule has 92 valence electrons. The Bertz CT molecular complexity index is 461. The van der Waals surface area contributed by atoms with Crippen LogP contribution in [0.4, 0.5) is 15.8 Å². The molecule has 0 atom stereocenters. The Morgan fingerprint density at radius 3 is 2.71 bits per heavy atom. The minimum Gasteiger partial charge on any atom is -0.397 e. The summed E-state index contributed by atoms with van der Waals surface area (Å²) in [6.07, 6.45) is 0. The van der Waals surface area contributed by atoms with Gasteiger partial charge in [0.2, 0.25) is 5.91 Å². The first-order chi connectivity index (χ1) is 7.99. The molecule has 1 heterocycles. The molecule has 4 nitrogen and oxygen atoms in total. The van der Waals surface area contributed by atoms with Gasteiger partial charge >= 0.3 is 0 Å². The fourth-order valence-electron chi connectivity index (χ4n) is 1.92. The van der Waals surface area contributed by atoms with Gasteiger partial charge in [-0.2, -0.15) is 0 Å². The Kier molecular flexibility index (Phi) is 2.92. The Labute approximate surface area is 99.8 Å². The van der Waals surface area contributed by atoms with E-state index in [1.165, 1.54) is 6.07 Å². The molecular weight excluding hydrogens is 221 g/mol. The molecule has 0 aromatic heterocycles. The summed E-state index contributed by atoms with van der Waals surface area (Å²) < 4.78 is 13.3. The lowest BCUT2D eigenvalue weighted by atomic mass is 10.1. The van der Waals surface area contributed by atoms with Gasteiger partial charge in [0.15, 0.2) is 0 Å². The van der Waals surface area contributed by atoms with Gasteiger partial charge in [-0.1, -0.05) is 0 Å². The van der Waals surface area contributed by atoms with E-state index in [0.29, 0.717) is 24.3 Å². The smallest absolute Gasteiger partial charge is 0.241 e. The lowest BCUT2D eigenvalue weighted by Gasteiger charge is -2.34. The van der Waals surface area contributed by atoms with Crippen LogP contribution in [0.2, 0.25) is 0 Å². The summed E-state index contributed by atoms with van der Waals surface area (Å²) in [5.74, 6) is -0.260. The molecule has 1 aromatic carbocycles. The summed E-state index contributed by atoms with van der Waals surface area (Å²) >= 11 is 0. The van der Waals surface area contributed by atoms with Crippen LogP contribution in [0.15, 0.2) is 12.1 Å². The highest BCUT2D eigenvalue weighted by Gasteiger charge is 2.22. The standard InChI is InChI=1S/C12H16FN3O/c1-8-5-11(10(14)6-9(8)13)16-4-3-15(2)12(17)7-16/h5-6H,3-4,7,14H2,1-2H3. The third-order valence-corrected chi connectivity index (χ3v) is 3.11. The van der Waals surface area contributed by atoms with Crippen LogP contribution in [0.1, 0.15) is 5.56 Å². The number of nitrogens with two attached hydrogens (primary N) is 1. The van der Waals surface area contributed by atoms with Gasteiger partial charge in [-0.15, -0.1) is 0 Å². The van der Waals surface area contributed by atoms with Crippen molar-refractivity contribution in [3.05, 3.63) is 23.5 Å². The second-order valence-electron chi connectivity index (χ2n) is 4.40. The molecule has 1 amide bonds. The normalized spacial score (nSPS) is 16.5. The zero-order valence-corrected chi connectivity index (χ0v) is 10.0. The topological polar surface area (TPSA) is 49.6 Å². The van der Waals surface area contributed by atoms with Crippen molar-refractivity contribution in [1.82, 2.24) is 4.90 Å². The van der Waals surface area contributed by atoms with E-state index >= 15 is 0 Å². The highest BCUT2D eigenvalue weighted by Crippen LogP contribution is 2.27. The molecular formula is C12H16FN3O. The Morgan fingerprint density at radius 1 is 1.35 bits per heavy atom. The van der Waals surface area contributed by atoms with Gasteiger partial charge in [0.1, 0.15) is 5.82 Å². The summed E-state index contributed by atoms with van der Waals surface area (Å²) in [6, 6.07) is 3.01. The number of aryl methyl sites for hydroxylation is 1. The van der Waals surface area contributed by atoms with Crippen molar-refractivity contribution in [2.75, 3.05) is 37.3 Å². The number of nitrogen functional groups attached to an aromatic ring is 1. The second-order valence-corrected chi connectivity index (χ2v) is 4.40. The molecule has 0 unspecified atom stereocenters. The molecule has 17 heavy (non-hydrogen) atoms. The van der Waals surface area contributed by atoms with E-state index in [9.17, 15) is 9.18 Å². The fraction of sp³-hybridized carbons (Fsp3) is 0.417. The molecule has 0 spiro atoms. The van der Waals surface area contributed by atoms with Gasteiger partial charge in [0.25, 0.3) is 0 Å². The third-order valence-electron chi connectivity index (χ3n) is 3.11. The van der Waals surface area contributed by atoms with Gasteiger partial charge in [0, 0.05) is 20.1 Å². The molecule has 1 aliphatic heterocycles. The first-order valence-corrected chi connectivity index (χ1v) is 5.53. The molecule has 1 aliphatic rings. The van der Waals surface area contributed by atoms with Crippen molar-refractivity contribution in [3.8, 4) is 0 Å². The summed E-state index contributed by atoms with van der Waals surface area (Å²) in [5.41, 5.74) is 7.46. The molecule has 5 heteroatoms. The average Bonchev–Trinajstić information content (AvgIpc) is 2.27. The monoisotopic (exact) mass is 237 g/mol. The maximum Gasteiger partial charge on any atom is 0.241 e. The Morgan fingerprint density at radius 2 is 2.06 bits per heavy atom. The Balaban J connectivity index is 2.29. The van der Waals surface area contributed by atoms with Crippen molar-refractivity contribution in [3.63, 3.8) is 0 Å². The number of halogens is 1. The number of carbonyl (C=O) groups excluding carboxylic acids is 1. The lowest BCUT2D eigenvalue weighted by molar-refractivity contribution is -0.129. The number of nitrogens with zero attached hydrogens (tertiary/aromatic N) is 2. The fourth-order valence-corrected chi connectivity index (χ4v) is 1.92. The van der Waals surface area contributed by atoms with Gasteiger partial charge in [0.05, 0.1) is 17.9 Å². The Hall–Kier alpha value is -1.78. The molecule has 2 N–H and O–H groups in total. The zero-order valence-electron chi connectivity index (χ0n) is 10.0. The summed E-state index contributed by atoms with van der Waals surface area (Å²) in [4.78, 5) is 15.2. The molecule has 0 bridgehead atoms. The number of benzene rings is 1. The minimum absolute atomic E-state index is 0.0534. The summed E-state index contributed by atoms with van der Waals surface area (Å²) in [6.45, 7) is 3.37. The molecule has 0 radical (unpaired) electrons.